The third-order valence-electron chi connectivity index (χ3n) is 4.33. The van der Waals surface area contributed by atoms with Gasteiger partial charge in [0.2, 0.25) is 0 Å². The molecule has 0 amide bonds. The Bertz CT molecular complexity index is 704. The topological polar surface area (TPSA) is 72.7 Å². The van der Waals surface area contributed by atoms with Gasteiger partial charge in [-0.05, 0) is 37.8 Å². The van der Waals surface area contributed by atoms with Gasteiger partial charge in [-0.15, -0.1) is 0 Å². The Labute approximate surface area is 136 Å². The normalized spacial score (nSPS) is 21.3. The molecular formula is C17H23N5O. The minimum Gasteiger partial charge on any atom is -0.367 e. The van der Waals surface area contributed by atoms with E-state index in [1.54, 1.807) is 23.0 Å². The summed E-state index contributed by atoms with van der Waals surface area (Å²) in [7, 11) is 0. The summed E-state index contributed by atoms with van der Waals surface area (Å²) in [6.45, 7) is 4.18. The van der Waals surface area contributed by atoms with E-state index >= 15 is 0 Å². The van der Waals surface area contributed by atoms with Gasteiger partial charge in [0, 0.05) is 30.4 Å². The molecule has 0 spiro atoms. The van der Waals surface area contributed by atoms with Crippen molar-refractivity contribution in [3.63, 3.8) is 0 Å². The van der Waals surface area contributed by atoms with E-state index in [9.17, 15) is 4.79 Å². The molecule has 0 atom stereocenters. The fourth-order valence-electron chi connectivity index (χ4n) is 3.05. The number of nitrogens with zero attached hydrogens (tertiary/aromatic N) is 4. The highest BCUT2D eigenvalue weighted by molar-refractivity contribution is 5.34. The minimum absolute atomic E-state index is 0.0127. The van der Waals surface area contributed by atoms with E-state index in [2.05, 4.69) is 34.2 Å². The Balaban J connectivity index is 1.60. The van der Waals surface area contributed by atoms with Gasteiger partial charge >= 0.3 is 0 Å². The Morgan fingerprint density at radius 2 is 1.96 bits per heavy atom. The molecule has 0 saturated heterocycles. The van der Waals surface area contributed by atoms with Crippen LogP contribution in [0.1, 0.15) is 57.3 Å². The van der Waals surface area contributed by atoms with Crippen LogP contribution < -0.4 is 10.9 Å². The lowest BCUT2D eigenvalue weighted by Gasteiger charge is -2.29. The number of rotatable bonds is 4. The minimum atomic E-state index is -0.0127. The van der Waals surface area contributed by atoms with Crippen LogP contribution in [-0.2, 0) is 0 Å². The van der Waals surface area contributed by atoms with Crippen molar-refractivity contribution in [3.05, 3.63) is 46.8 Å². The standard InChI is InChI=1S/C17H23N5O/c1-12(2)17-18-11-9-15(21-17)20-13-5-7-14(8-6-13)22-16(23)4-3-10-19-22/h3-4,9-14H,5-8H2,1-2H3,(H,18,20,21). The highest BCUT2D eigenvalue weighted by atomic mass is 16.1. The maximum Gasteiger partial charge on any atom is 0.266 e. The van der Waals surface area contributed by atoms with Crippen LogP contribution in [0.2, 0.25) is 0 Å². The van der Waals surface area contributed by atoms with Crippen LogP contribution >= 0.6 is 0 Å². The van der Waals surface area contributed by atoms with E-state index in [4.69, 9.17) is 0 Å². The highest BCUT2D eigenvalue weighted by Gasteiger charge is 2.23. The molecule has 2 aromatic rings. The smallest absolute Gasteiger partial charge is 0.266 e. The molecule has 1 fully saturated rings. The quantitative estimate of drug-likeness (QED) is 0.939. The molecule has 0 unspecified atom stereocenters. The molecule has 122 valence electrons. The van der Waals surface area contributed by atoms with Crippen molar-refractivity contribution in [2.24, 2.45) is 0 Å². The van der Waals surface area contributed by atoms with E-state index < -0.39 is 0 Å². The van der Waals surface area contributed by atoms with Gasteiger partial charge in [-0.25, -0.2) is 14.6 Å². The summed E-state index contributed by atoms with van der Waals surface area (Å²) in [5.74, 6) is 2.08. The average molecular weight is 313 g/mol. The van der Waals surface area contributed by atoms with Crippen LogP contribution in [-0.4, -0.2) is 25.8 Å². The molecule has 2 heterocycles. The molecule has 23 heavy (non-hydrogen) atoms. The van der Waals surface area contributed by atoms with Crippen LogP contribution in [0.3, 0.4) is 0 Å². The molecule has 6 nitrogen and oxygen atoms in total. The predicted octanol–water partition coefficient (Wildman–Crippen LogP) is 2.75. The largest absolute Gasteiger partial charge is 0.367 e. The Kier molecular flexibility index (Phi) is 4.69. The maximum atomic E-state index is 11.9. The number of nitrogens with one attached hydrogen (secondary N) is 1. The summed E-state index contributed by atoms with van der Waals surface area (Å²) in [6, 6.07) is 5.78. The lowest BCUT2D eigenvalue weighted by molar-refractivity contribution is 0.303. The molecular weight excluding hydrogens is 290 g/mol. The van der Waals surface area contributed by atoms with Gasteiger partial charge in [-0.2, -0.15) is 5.10 Å². The van der Waals surface area contributed by atoms with Crippen LogP contribution in [0.5, 0.6) is 0 Å². The van der Waals surface area contributed by atoms with Crippen molar-refractivity contribution in [1.29, 1.82) is 0 Å². The average Bonchev–Trinajstić information content (AvgIpc) is 2.56. The fourth-order valence-corrected chi connectivity index (χ4v) is 3.05. The van der Waals surface area contributed by atoms with Crippen LogP contribution in [0.25, 0.3) is 0 Å². The van der Waals surface area contributed by atoms with Gasteiger partial charge in [0.25, 0.3) is 5.56 Å². The zero-order chi connectivity index (χ0) is 16.2. The van der Waals surface area contributed by atoms with Crippen molar-refractivity contribution in [2.75, 3.05) is 5.32 Å². The summed E-state index contributed by atoms with van der Waals surface area (Å²) in [5.41, 5.74) is -0.0127. The lowest BCUT2D eigenvalue weighted by atomic mass is 9.91. The first kappa shape index (κ1) is 15.6. The molecule has 0 aromatic carbocycles. The molecule has 1 saturated carbocycles. The number of hydrogen-bond acceptors (Lipinski definition) is 5. The Morgan fingerprint density at radius 3 is 2.65 bits per heavy atom. The molecule has 0 bridgehead atoms. The van der Waals surface area contributed by atoms with Gasteiger partial charge in [-0.3, -0.25) is 4.79 Å². The van der Waals surface area contributed by atoms with E-state index in [0.29, 0.717) is 12.0 Å². The summed E-state index contributed by atoms with van der Waals surface area (Å²) in [6.07, 6.45) is 7.42. The van der Waals surface area contributed by atoms with Crippen LogP contribution in [0.15, 0.2) is 35.4 Å². The summed E-state index contributed by atoms with van der Waals surface area (Å²) in [5, 5.41) is 7.71. The Hall–Kier alpha value is -2.24. The molecule has 3 rings (SSSR count). The van der Waals surface area contributed by atoms with Crippen LogP contribution in [0, 0.1) is 0 Å². The van der Waals surface area contributed by atoms with E-state index in [0.717, 1.165) is 37.3 Å². The molecule has 1 N–H and O–H groups in total. The second-order valence-electron chi connectivity index (χ2n) is 6.41. The monoisotopic (exact) mass is 313 g/mol. The number of hydrogen-bond donors (Lipinski definition) is 1. The molecule has 0 radical (unpaired) electrons. The predicted molar refractivity (Wildman–Crippen MR) is 89.5 cm³/mol. The highest BCUT2D eigenvalue weighted by Crippen LogP contribution is 2.28. The molecule has 1 aliphatic rings. The van der Waals surface area contributed by atoms with Gasteiger partial charge in [0.1, 0.15) is 11.6 Å². The molecule has 6 heteroatoms. The Morgan fingerprint density at radius 1 is 1.17 bits per heavy atom. The third kappa shape index (κ3) is 3.75. The maximum absolute atomic E-state index is 11.9. The van der Waals surface area contributed by atoms with E-state index in [1.807, 2.05) is 12.3 Å². The first-order valence-corrected chi connectivity index (χ1v) is 8.27. The van der Waals surface area contributed by atoms with Crippen molar-refractivity contribution >= 4 is 5.82 Å². The molecule has 0 aliphatic heterocycles. The summed E-state index contributed by atoms with van der Waals surface area (Å²) in [4.78, 5) is 20.7. The zero-order valence-corrected chi connectivity index (χ0v) is 13.6. The second-order valence-corrected chi connectivity index (χ2v) is 6.41. The van der Waals surface area contributed by atoms with E-state index in [1.165, 1.54) is 0 Å². The second kappa shape index (κ2) is 6.89. The van der Waals surface area contributed by atoms with Crippen molar-refractivity contribution in [2.45, 2.75) is 57.5 Å². The van der Waals surface area contributed by atoms with Crippen LogP contribution in [0.4, 0.5) is 5.82 Å². The number of anilines is 1. The van der Waals surface area contributed by atoms with Gasteiger partial charge < -0.3 is 5.32 Å². The summed E-state index contributed by atoms with van der Waals surface area (Å²) < 4.78 is 1.62. The first-order valence-electron chi connectivity index (χ1n) is 8.27. The van der Waals surface area contributed by atoms with Gasteiger partial charge in [0.05, 0.1) is 6.04 Å². The summed E-state index contributed by atoms with van der Waals surface area (Å²) >= 11 is 0. The fraction of sp³-hybridized carbons (Fsp3) is 0.529. The third-order valence-corrected chi connectivity index (χ3v) is 4.33. The van der Waals surface area contributed by atoms with Gasteiger partial charge in [-0.1, -0.05) is 13.8 Å². The van der Waals surface area contributed by atoms with Crippen molar-refractivity contribution in [3.8, 4) is 0 Å². The number of aromatic nitrogens is 4. The zero-order valence-electron chi connectivity index (χ0n) is 13.6. The molecule has 1 aliphatic carbocycles. The van der Waals surface area contributed by atoms with Crippen molar-refractivity contribution < 1.29 is 0 Å². The molecule has 2 aromatic heterocycles. The van der Waals surface area contributed by atoms with Crippen molar-refractivity contribution in [1.82, 2.24) is 19.7 Å². The SMILES string of the molecule is CC(C)c1nccc(NC2CCC(n3ncccc3=O)CC2)n1. The van der Waals surface area contributed by atoms with E-state index in [-0.39, 0.29) is 11.6 Å². The first-order chi connectivity index (χ1) is 11.1. The lowest BCUT2D eigenvalue weighted by Crippen LogP contribution is -2.33. The van der Waals surface area contributed by atoms with Gasteiger partial charge in [0.15, 0.2) is 0 Å².